The van der Waals surface area contributed by atoms with Crippen molar-refractivity contribution in [1.82, 2.24) is 24.3 Å². The highest BCUT2D eigenvalue weighted by molar-refractivity contribution is 6.04. The summed E-state index contributed by atoms with van der Waals surface area (Å²) in [7, 11) is 0. The Bertz CT molecular complexity index is 1620. The number of halogens is 3. The number of nitrogen functional groups attached to an aromatic ring is 1. The second-order valence-electron chi connectivity index (χ2n) is 10.0. The first-order valence-corrected chi connectivity index (χ1v) is 12.8. The molecule has 0 radical (unpaired) electrons. The van der Waals surface area contributed by atoms with Crippen LogP contribution in [0.25, 0.3) is 16.8 Å². The van der Waals surface area contributed by atoms with Crippen molar-refractivity contribution in [2.45, 2.75) is 52.0 Å². The molecule has 1 fully saturated rings. The van der Waals surface area contributed by atoms with Crippen molar-refractivity contribution in [3.8, 4) is 11.3 Å². The number of aromatic nitrogens is 4. The van der Waals surface area contributed by atoms with Crippen molar-refractivity contribution >= 4 is 29.0 Å². The van der Waals surface area contributed by atoms with Crippen LogP contribution < -0.4 is 11.1 Å². The van der Waals surface area contributed by atoms with Crippen molar-refractivity contribution in [1.29, 1.82) is 0 Å². The zero-order valence-corrected chi connectivity index (χ0v) is 22.2. The quantitative estimate of drug-likeness (QED) is 0.355. The summed E-state index contributed by atoms with van der Waals surface area (Å²) in [6.07, 6.45) is 1.63. The van der Waals surface area contributed by atoms with Crippen LogP contribution in [0, 0.1) is 12.7 Å². The SMILES string of the molecule is CC(=O)N1C[C@H](c2nc(-c3ccc(C(=O)Nc4cc(C(F)F)ccn4)cc3F)c3c(N)ncc(C)n23)CC[C@@H]1C. The second-order valence-corrected chi connectivity index (χ2v) is 10.0. The zero-order valence-electron chi connectivity index (χ0n) is 22.2. The number of likely N-dealkylation sites (tertiary alicyclic amines) is 1. The van der Waals surface area contributed by atoms with Gasteiger partial charge in [0.1, 0.15) is 34.5 Å². The van der Waals surface area contributed by atoms with Gasteiger partial charge in [-0.15, -0.1) is 0 Å². The van der Waals surface area contributed by atoms with Crippen LogP contribution in [0.1, 0.15) is 66.5 Å². The highest BCUT2D eigenvalue weighted by Gasteiger charge is 2.32. The standard InChI is InChI=1S/C28H28F3N7O2/c1-14-4-5-19(13-37(14)16(3)39)27-36-23(24-26(32)34-12-15(2)38(24)27)20-7-6-18(10-21(20)29)28(40)35-22-11-17(25(30)31)8-9-33-22/h6-12,14,19,25H,4-5,13H2,1-3H3,(H2,32,34)(H,33,35,40)/t14-,19+/m0/s1. The van der Waals surface area contributed by atoms with Crippen LogP contribution in [-0.4, -0.2) is 48.7 Å². The van der Waals surface area contributed by atoms with E-state index in [0.29, 0.717) is 17.9 Å². The van der Waals surface area contributed by atoms with Gasteiger partial charge >= 0.3 is 0 Å². The molecule has 1 aliphatic rings. The summed E-state index contributed by atoms with van der Waals surface area (Å²) < 4.78 is 43.4. The molecule has 0 bridgehead atoms. The van der Waals surface area contributed by atoms with Crippen LogP contribution >= 0.6 is 0 Å². The topological polar surface area (TPSA) is 119 Å². The van der Waals surface area contributed by atoms with E-state index in [9.17, 15) is 18.4 Å². The minimum Gasteiger partial charge on any atom is -0.382 e. The number of carbonyl (C=O) groups excluding carboxylic acids is 2. The van der Waals surface area contributed by atoms with E-state index in [1.807, 2.05) is 23.1 Å². The molecule has 0 spiro atoms. The Kier molecular flexibility index (Phi) is 7.17. The van der Waals surface area contributed by atoms with Crippen LogP contribution in [0.2, 0.25) is 0 Å². The van der Waals surface area contributed by atoms with E-state index in [2.05, 4.69) is 15.3 Å². The number of rotatable bonds is 5. The van der Waals surface area contributed by atoms with E-state index in [1.165, 1.54) is 12.1 Å². The van der Waals surface area contributed by atoms with E-state index in [1.54, 1.807) is 13.1 Å². The van der Waals surface area contributed by atoms with Crippen LogP contribution in [0.15, 0.2) is 42.7 Å². The van der Waals surface area contributed by atoms with Gasteiger partial charge in [-0.3, -0.25) is 14.0 Å². The number of benzene rings is 1. The molecule has 0 saturated carbocycles. The minimum atomic E-state index is -2.72. The summed E-state index contributed by atoms with van der Waals surface area (Å²) in [6, 6.07) is 6.19. The molecule has 2 atom stereocenters. The monoisotopic (exact) mass is 551 g/mol. The Morgan fingerprint density at radius 1 is 1.15 bits per heavy atom. The average molecular weight is 552 g/mol. The van der Waals surface area contributed by atoms with Gasteiger partial charge in [0.15, 0.2) is 0 Å². The molecule has 3 N–H and O–H groups in total. The Morgan fingerprint density at radius 3 is 2.62 bits per heavy atom. The number of piperidine rings is 1. The lowest BCUT2D eigenvalue weighted by Gasteiger charge is -2.37. The summed E-state index contributed by atoms with van der Waals surface area (Å²) >= 11 is 0. The molecule has 1 aliphatic heterocycles. The molecule has 1 aromatic carbocycles. The fraction of sp³-hybridized carbons (Fsp3) is 0.321. The van der Waals surface area contributed by atoms with Gasteiger partial charge in [-0.2, -0.15) is 0 Å². The number of nitrogens with one attached hydrogen (secondary N) is 1. The molecule has 2 amide bonds. The van der Waals surface area contributed by atoms with Crippen LogP contribution in [-0.2, 0) is 4.79 Å². The number of hydrogen-bond acceptors (Lipinski definition) is 6. The van der Waals surface area contributed by atoms with Crippen molar-refractivity contribution in [3.63, 3.8) is 0 Å². The van der Waals surface area contributed by atoms with Crippen LogP contribution in [0.5, 0.6) is 0 Å². The number of nitrogens with zero attached hydrogens (tertiary/aromatic N) is 5. The molecular formula is C28H28F3N7O2. The lowest BCUT2D eigenvalue weighted by Crippen LogP contribution is -2.44. The molecule has 40 heavy (non-hydrogen) atoms. The lowest BCUT2D eigenvalue weighted by molar-refractivity contribution is -0.132. The molecule has 3 aromatic heterocycles. The maximum absolute atomic E-state index is 15.6. The highest BCUT2D eigenvalue weighted by Crippen LogP contribution is 2.37. The third kappa shape index (κ3) is 4.96. The van der Waals surface area contributed by atoms with E-state index in [0.717, 1.165) is 42.9 Å². The molecule has 208 valence electrons. The summed E-state index contributed by atoms with van der Waals surface area (Å²) in [6.45, 7) is 5.88. The van der Waals surface area contributed by atoms with Crippen molar-refractivity contribution in [3.05, 3.63) is 71.2 Å². The second kappa shape index (κ2) is 10.6. The summed E-state index contributed by atoms with van der Waals surface area (Å²) in [5, 5.41) is 2.42. The number of hydrogen-bond donors (Lipinski definition) is 2. The average Bonchev–Trinajstić information content (AvgIpc) is 3.32. The Morgan fingerprint density at radius 2 is 1.93 bits per heavy atom. The first-order chi connectivity index (χ1) is 19.0. The number of imidazole rings is 1. The maximum atomic E-state index is 15.6. The van der Waals surface area contributed by atoms with Gasteiger partial charge in [0, 0.05) is 60.2 Å². The number of nitrogens with two attached hydrogens (primary N) is 1. The first-order valence-electron chi connectivity index (χ1n) is 12.8. The lowest BCUT2D eigenvalue weighted by atomic mass is 9.92. The number of anilines is 2. The van der Waals surface area contributed by atoms with Gasteiger partial charge in [-0.1, -0.05) is 0 Å². The Balaban J connectivity index is 1.52. The van der Waals surface area contributed by atoms with E-state index in [-0.39, 0.29) is 51.9 Å². The van der Waals surface area contributed by atoms with Gasteiger partial charge in [-0.05, 0) is 57.0 Å². The van der Waals surface area contributed by atoms with Crippen molar-refractivity contribution in [2.24, 2.45) is 0 Å². The molecule has 9 nitrogen and oxygen atoms in total. The van der Waals surface area contributed by atoms with Gasteiger partial charge in [0.05, 0.1) is 0 Å². The van der Waals surface area contributed by atoms with Gasteiger partial charge < -0.3 is 16.0 Å². The molecule has 4 heterocycles. The highest BCUT2D eigenvalue weighted by atomic mass is 19.3. The number of amides is 2. The van der Waals surface area contributed by atoms with Gasteiger partial charge in [0.25, 0.3) is 12.3 Å². The Hall–Kier alpha value is -4.48. The van der Waals surface area contributed by atoms with E-state index < -0.39 is 18.1 Å². The third-order valence-corrected chi connectivity index (χ3v) is 7.30. The molecule has 12 heteroatoms. The first kappa shape index (κ1) is 27.1. The fourth-order valence-corrected chi connectivity index (χ4v) is 5.22. The molecule has 1 saturated heterocycles. The summed E-state index contributed by atoms with van der Waals surface area (Å²) in [4.78, 5) is 39.8. The predicted molar refractivity (Wildman–Crippen MR) is 144 cm³/mol. The number of pyridine rings is 1. The third-order valence-electron chi connectivity index (χ3n) is 7.30. The van der Waals surface area contributed by atoms with Crippen molar-refractivity contribution < 1.29 is 22.8 Å². The molecular weight excluding hydrogens is 523 g/mol. The number of carbonyl (C=O) groups is 2. The van der Waals surface area contributed by atoms with Gasteiger partial charge in [0.2, 0.25) is 5.91 Å². The smallest absolute Gasteiger partial charge is 0.264 e. The van der Waals surface area contributed by atoms with Crippen LogP contribution in [0.4, 0.5) is 24.8 Å². The summed E-state index contributed by atoms with van der Waals surface area (Å²) in [5.74, 6) is -0.819. The number of fused-ring (bicyclic) bond motifs is 1. The van der Waals surface area contributed by atoms with Gasteiger partial charge in [-0.25, -0.2) is 28.1 Å². The minimum absolute atomic E-state index is 0.0211. The number of aryl methyl sites for hydroxylation is 1. The van der Waals surface area contributed by atoms with Crippen LogP contribution in [0.3, 0.4) is 0 Å². The maximum Gasteiger partial charge on any atom is 0.264 e. The van der Waals surface area contributed by atoms with E-state index in [4.69, 9.17) is 10.7 Å². The normalized spacial score (nSPS) is 17.4. The molecule has 0 unspecified atom stereocenters. The predicted octanol–water partition coefficient (Wildman–Crippen LogP) is 5.13. The zero-order chi connectivity index (χ0) is 28.7. The largest absolute Gasteiger partial charge is 0.382 e. The van der Waals surface area contributed by atoms with E-state index >= 15 is 4.39 Å². The fourth-order valence-electron chi connectivity index (χ4n) is 5.22. The molecule has 5 rings (SSSR count). The summed E-state index contributed by atoms with van der Waals surface area (Å²) in [5.41, 5.74) is 7.51. The Labute approximate surface area is 228 Å². The molecule has 4 aromatic rings. The molecule has 0 aliphatic carbocycles. The number of alkyl halides is 2. The van der Waals surface area contributed by atoms with Crippen molar-refractivity contribution in [2.75, 3.05) is 17.6 Å².